The minimum Gasteiger partial charge on any atom is -0.387 e. The molecule has 0 bridgehead atoms. The lowest BCUT2D eigenvalue weighted by Gasteiger charge is -2.13. The first kappa shape index (κ1) is 14.1. The Balaban J connectivity index is 2.07. The summed E-state index contributed by atoms with van der Waals surface area (Å²) in [6, 6.07) is 7.97. The van der Waals surface area contributed by atoms with E-state index in [9.17, 15) is 9.50 Å². The van der Waals surface area contributed by atoms with Crippen LogP contribution in [0, 0.1) is 5.82 Å². The molecule has 19 heavy (non-hydrogen) atoms. The first-order valence-electron chi connectivity index (χ1n) is 5.54. The van der Waals surface area contributed by atoms with E-state index >= 15 is 0 Å². The number of halogens is 2. The molecule has 1 atom stereocenters. The average Bonchev–Trinajstić information content (AvgIpc) is 2.40. The maximum absolute atomic E-state index is 13.4. The van der Waals surface area contributed by atoms with Gasteiger partial charge in [-0.05, 0) is 18.2 Å². The highest BCUT2D eigenvalue weighted by Crippen LogP contribution is 2.29. The Kier molecular flexibility index (Phi) is 4.63. The Hall–Kier alpha value is -1.30. The summed E-state index contributed by atoms with van der Waals surface area (Å²) in [5.41, 5.74) is 6.13. The summed E-state index contributed by atoms with van der Waals surface area (Å²) in [6.45, 7) is 0. The summed E-state index contributed by atoms with van der Waals surface area (Å²) in [7, 11) is 0. The normalized spacial score (nSPS) is 12.4. The van der Waals surface area contributed by atoms with Gasteiger partial charge in [-0.2, -0.15) is 0 Å². The van der Waals surface area contributed by atoms with Crippen molar-refractivity contribution in [3.05, 3.63) is 52.9 Å². The van der Waals surface area contributed by atoms with Gasteiger partial charge in [0.15, 0.2) is 0 Å². The number of aromatic nitrogens is 1. The quantitative estimate of drug-likeness (QED) is 0.851. The number of nitrogens with two attached hydrogens (primary N) is 1. The molecular weight excluding hydrogens is 287 g/mol. The molecule has 100 valence electrons. The third-order valence-corrected chi connectivity index (χ3v) is 3.84. The molecule has 0 spiro atoms. The van der Waals surface area contributed by atoms with Crippen molar-refractivity contribution in [2.45, 2.75) is 11.0 Å². The van der Waals surface area contributed by atoms with Crippen molar-refractivity contribution < 1.29 is 9.50 Å². The van der Waals surface area contributed by atoms with E-state index in [1.165, 1.54) is 24.0 Å². The molecule has 1 heterocycles. The number of pyridine rings is 1. The van der Waals surface area contributed by atoms with Crippen LogP contribution in [-0.4, -0.2) is 15.8 Å². The molecule has 3 nitrogen and oxygen atoms in total. The van der Waals surface area contributed by atoms with Crippen LogP contribution in [-0.2, 0) is 0 Å². The maximum Gasteiger partial charge on any atom is 0.136 e. The number of nitrogen functional groups attached to an aromatic ring is 1. The van der Waals surface area contributed by atoms with E-state index in [-0.39, 0.29) is 17.4 Å². The minimum atomic E-state index is -0.851. The molecule has 6 heteroatoms. The van der Waals surface area contributed by atoms with Crippen molar-refractivity contribution in [2.75, 3.05) is 11.5 Å². The second-order valence-corrected chi connectivity index (χ2v) is 5.38. The molecule has 0 amide bonds. The molecule has 0 fully saturated rings. The third kappa shape index (κ3) is 3.59. The summed E-state index contributed by atoms with van der Waals surface area (Å²) >= 11 is 7.02. The zero-order valence-corrected chi connectivity index (χ0v) is 11.5. The maximum atomic E-state index is 13.4. The van der Waals surface area contributed by atoms with Crippen molar-refractivity contribution in [1.82, 2.24) is 4.98 Å². The molecule has 1 aromatic heterocycles. The largest absolute Gasteiger partial charge is 0.387 e. The van der Waals surface area contributed by atoms with Crippen LogP contribution in [0.1, 0.15) is 11.7 Å². The SMILES string of the molecule is Nc1ncc(Cl)cc1C(O)CSc1ccccc1F. The van der Waals surface area contributed by atoms with Gasteiger partial charge in [0.05, 0.1) is 11.1 Å². The van der Waals surface area contributed by atoms with E-state index in [0.717, 1.165) is 0 Å². The smallest absolute Gasteiger partial charge is 0.136 e. The number of nitrogens with zero attached hydrogens (tertiary/aromatic N) is 1. The summed E-state index contributed by atoms with van der Waals surface area (Å²) < 4.78 is 13.4. The highest BCUT2D eigenvalue weighted by atomic mass is 35.5. The molecule has 1 unspecified atom stereocenters. The summed E-state index contributed by atoms with van der Waals surface area (Å²) in [5, 5.41) is 10.5. The number of hydrogen-bond acceptors (Lipinski definition) is 4. The summed E-state index contributed by atoms with van der Waals surface area (Å²) in [4.78, 5) is 4.36. The van der Waals surface area contributed by atoms with Gasteiger partial charge in [-0.15, -0.1) is 11.8 Å². The van der Waals surface area contributed by atoms with Gasteiger partial charge in [0, 0.05) is 22.4 Å². The van der Waals surface area contributed by atoms with Crippen LogP contribution in [0.15, 0.2) is 41.4 Å². The highest BCUT2D eigenvalue weighted by molar-refractivity contribution is 7.99. The molecule has 0 aliphatic carbocycles. The molecular formula is C13H12ClFN2OS. The topological polar surface area (TPSA) is 59.1 Å². The fourth-order valence-electron chi connectivity index (χ4n) is 1.55. The number of anilines is 1. The molecule has 2 rings (SSSR count). The van der Waals surface area contributed by atoms with Gasteiger partial charge in [-0.1, -0.05) is 23.7 Å². The van der Waals surface area contributed by atoms with Crippen LogP contribution in [0.5, 0.6) is 0 Å². The lowest BCUT2D eigenvalue weighted by molar-refractivity contribution is 0.204. The molecule has 2 aromatic rings. The van der Waals surface area contributed by atoms with Crippen molar-refractivity contribution >= 4 is 29.2 Å². The van der Waals surface area contributed by atoms with Crippen LogP contribution >= 0.6 is 23.4 Å². The van der Waals surface area contributed by atoms with E-state index in [4.69, 9.17) is 17.3 Å². The average molecular weight is 299 g/mol. The molecule has 0 radical (unpaired) electrons. The van der Waals surface area contributed by atoms with Gasteiger partial charge in [-0.3, -0.25) is 0 Å². The lowest BCUT2D eigenvalue weighted by Crippen LogP contribution is -2.06. The molecule has 0 saturated carbocycles. The summed E-state index contributed by atoms with van der Waals surface area (Å²) in [6.07, 6.45) is 0.563. The van der Waals surface area contributed by atoms with Crippen molar-refractivity contribution in [1.29, 1.82) is 0 Å². The van der Waals surface area contributed by atoms with E-state index in [0.29, 0.717) is 15.5 Å². The second-order valence-electron chi connectivity index (χ2n) is 3.89. The molecule has 0 aliphatic rings. The number of hydrogen-bond donors (Lipinski definition) is 2. The Morgan fingerprint density at radius 2 is 2.16 bits per heavy atom. The third-order valence-electron chi connectivity index (χ3n) is 2.51. The number of benzene rings is 1. The van der Waals surface area contributed by atoms with E-state index in [1.54, 1.807) is 24.3 Å². The van der Waals surface area contributed by atoms with Crippen LogP contribution < -0.4 is 5.73 Å². The van der Waals surface area contributed by atoms with Crippen LogP contribution in [0.2, 0.25) is 5.02 Å². The zero-order chi connectivity index (χ0) is 13.8. The Morgan fingerprint density at radius 1 is 1.42 bits per heavy atom. The van der Waals surface area contributed by atoms with Crippen LogP contribution in [0.3, 0.4) is 0 Å². The second kappa shape index (κ2) is 6.23. The predicted molar refractivity (Wildman–Crippen MR) is 75.7 cm³/mol. The number of aliphatic hydroxyl groups excluding tert-OH is 1. The fourth-order valence-corrected chi connectivity index (χ4v) is 2.62. The zero-order valence-electron chi connectivity index (χ0n) is 9.88. The highest BCUT2D eigenvalue weighted by Gasteiger charge is 2.14. The van der Waals surface area contributed by atoms with Crippen LogP contribution in [0.4, 0.5) is 10.2 Å². The fraction of sp³-hybridized carbons (Fsp3) is 0.154. The van der Waals surface area contributed by atoms with Gasteiger partial charge >= 0.3 is 0 Å². The number of aliphatic hydroxyl groups is 1. The lowest BCUT2D eigenvalue weighted by atomic mass is 10.1. The minimum absolute atomic E-state index is 0.228. The number of rotatable bonds is 4. The van der Waals surface area contributed by atoms with E-state index in [2.05, 4.69) is 4.98 Å². The number of thioether (sulfide) groups is 1. The van der Waals surface area contributed by atoms with Crippen LogP contribution in [0.25, 0.3) is 0 Å². The molecule has 0 aliphatic heterocycles. The van der Waals surface area contributed by atoms with E-state index < -0.39 is 6.10 Å². The van der Waals surface area contributed by atoms with Crippen molar-refractivity contribution in [2.24, 2.45) is 0 Å². The standard InChI is InChI=1S/C13H12ClFN2OS/c14-8-5-9(13(16)17-6-8)11(18)7-19-12-4-2-1-3-10(12)15/h1-6,11,18H,7H2,(H2,16,17). The molecule has 0 saturated heterocycles. The Bertz CT molecular complexity index is 582. The summed E-state index contributed by atoms with van der Waals surface area (Å²) in [5.74, 6) is 0.190. The van der Waals surface area contributed by atoms with Crippen molar-refractivity contribution in [3.63, 3.8) is 0 Å². The first-order valence-corrected chi connectivity index (χ1v) is 6.90. The van der Waals surface area contributed by atoms with Gasteiger partial charge in [0.2, 0.25) is 0 Å². The predicted octanol–water partition coefficient (Wildman–Crippen LogP) is 3.28. The first-order chi connectivity index (χ1) is 9.08. The van der Waals surface area contributed by atoms with Gasteiger partial charge in [-0.25, -0.2) is 9.37 Å². The van der Waals surface area contributed by atoms with Gasteiger partial charge in [0.25, 0.3) is 0 Å². The Labute approximate surface area is 119 Å². The monoisotopic (exact) mass is 298 g/mol. The molecule has 3 N–H and O–H groups in total. The van der Waals surface area contributed by atoms with Gasteiger partial charge < -0.3 is 10.8 Å². The molecule has 1 aromatic carbocycles. The van der Waals surface area contributed by atoms with Crippen molar-refractivity contribution in [3.8, 4) is 0 Å². The van der Waals surface area contributed by atoms with Gasteiger partial charge in [0.1, 0.15) is 11.6 Å². The Morgan fingerprint density at radius 3 is 2.89 bits per heavy atom. The van der Waals surface area contributed by atoms with E-state index in [1.807, 2.05) is 0 Å².